The number of hydrogen-bond donors (Lipinski definition) is 0. The maximum absolute atomic E-state index is 12.3. The molecule has 6 nitrogen and oxygen atoms in total. The van der Waals surface area contributed by atoms with Crippen LogP contribution in [0.15, 0.2) is 29.4 Å². The third-order valence-corrected chi connectivity index (χ3v) is 5.51. The molecule has 0 atom stereocenters. The Balaban J connectivity index is 1.85. The number of rotatable bonds is 3. The van der Waals surface area contributed by atoms with E-state index in [4.69, 9.17) is 4.74 Å². The normalized spacial score (nSPS) is 15.0. The van der Waals surface area contributed by atoms with Crippen LogP contribution in [0.5, 0.6) is 0 Å². The van der Waals surface area contributed by atoms with E-state index in [1.165, 1.54) is 0 Å². The molecule has 29 heavy (non-hydrogen) atoms. The van der Waals surface area contributed by atoms with E-state index in [0.29, 0.717) is 31.7 Å². The highest BCUT2D eigenvalue weighted by Crippen LogP contribution is 2.29. The maximum Gasteiger partial charge on any atom is 0.410 e. The van der Waals surface area contributed by atoms with Crippen LogP contribution in [0.2, 0.25) is 0 Å². The molecule has 3 rings (SSSR count). The summed E-state index contributed by atoms with van der Waals surface area (Å²) < 4.78 is 8.49. The highest BCUT2D eigenvalue weighted by Gasteiger charge is 2.28. The first-order chi connectivity index (χ1) is 13.5. The van der Waals surface area contributed by atoms with Crippen molar-refractivity contribution in [3.8, 4) is 0 Å². The summed E-state index contributed by atoms with van der Waals surface area (Å²) >= 11 is 3.53. The molecule has 0 bridgehead atoms. The fourth-order valence-corrected chi connectivity index (χ4v) is 4.11. The Hall–Kier alpha value is -2.28. The quantitative estimate of drug-likeness (QED) is 0.619. The van der Waals surface area contributed by atoms with Gasteiger partial charge in [-0.2, -0.15) is 0 Å². The van der Waals surface area contributed by atoms with E-state index < -0.39 is 5.60 Å². The molecule has 0 saturated carbocycles. The molecule has 2 aromatic heterocycles. The standard InChI is InChI=1S/C22H28BrN3O3/c1-14-19(16(3)27)12-18-11-17(23)13-26(18)20(14)15(2)24-7-9-25(10-8-24)21(28)29-22(4,5)6/h11-13H,2,7-10H2,1,3-6H3. The monoisotopic (exact) mass is 461 g/mol. The minimum absolute atomic E-state index is 0.0334. The first kappa shape index (κ1) is 21.4. The van der Waals surface area contributed by atoms with Crippen molar-refractivity contribution in [3.05, 3.63) is 46.2 Å². The number of pyridine rings is 1. The number of hydrogen-bond acceptors (Lipinski definition) is 4. The van der Waals surface area contributed by atoms with Crippen LogP contribution >= 0.6 is 15.9 Å². The number of fused-ring (bicyclic) bond motifs is 1. The van der Waals surface area contributed by atoms with Crippen molar-refractivity contribution in [2.24, 2.45) is 0 Å². The van der Waals surface area contributed by atoms with Gasteiger partial charge < -0.3 is 18.9 Å². The summed E-state index contributed by atoms with van der Waals surface area (Å²) in [6, 6.07) is 3.91. The van der Waals surface area contributed by atoms with E-state index in [0.717, 1.165) is 26.9 Å². The van der Waals surface area contributed by atoms with E-state index in [1.54, 1.807) is 11.8 Å². The molecule has 1 fully saturated rings. The van der Waals surface area contributed by atoms with Crippen LogP contribution in [0.4, 0.5) is 4.79 Å². The van der Waals surface area contributed by atoms with Crippen molar-refractivity contribution in [1.82, 2.24) is 14.2 Å². The summed E-state index contributed by atoms with van der Waals surface area (Å²) in [5, 5.41) is 0. The molecule has 7 heteroatoms. The molecule has 0 unspecified atom stereocenters. The minimum atomic E-state index is -0.504. The summed E-state index contributed by atoms with van der Waals surface area (Å²) in [4.78, 5) is 28.4. The molecule has 156 valence electrons. The third kappa shape index (κ3) is 4.50. The third-order valence-electron chi connectivity index (χ3n) is 5.07. The zero-order chi connectivity index (χ0) is 21.5. The average Bonchev–Trinajstić information content (AvgIpc) is 2.99. The van der Waals surface area contributed by atoms with Gasteiger partial charge in [-0.15, -0.1) is 0 Å². The van der Waals surface area contributed by atoms with Crippen LogP contribution in [0.3, 0.4) is 0 Å². The number of amides is 1. The molecule has 1 amide bonds. The Morgan fingerprint density at radius 1 is 1.10 bits per heavy atom. The largest absolute Gasteiger partial charge is 0.444 e. The summed E-state index contributed by atoms with van der Waals surface area (Å²) in [5.41, 5.74) is 3.82. The van der Waals surface area contributed by atoms with Gasteiger partial charge in [-0.05, 0) is 68.2 Å². The van der Waals surface area contributed by atoms with Crippen LogP contribution < -0.4 is 0 Å². The molecule has 0 radical (unpaired) electrons. The second-order valence-corrected chi connectivity index (χ2v) is 9.36. The molecule has 0 aromatic carbocycles. The molecule has 1 aliphatic rings. The number of ether oxygens (including phenoxy) is 1. The predicted octanol–water partition coefficient (Wildman–Crippen LogP) is 4.74. The van der Waals surface area contributed by atoms with Crippen LogP contribution in [-0.2, 0) is 4.74 Å². The Labute approximate surface area is 180 Å². The lowest BCUT2D eigenvalue weighted by molar-refractivity contribution is 0.0182. The van der Waals surface area contributed by atoms with E-state index >= 15 is 0 Å². The SMILES string of the molecule is C=C(c1c(C)c(C(C)=O)cc2cc(Br)cn12)N1CCN(C(=O)OC(C)(C)C)CC1. The summed E-state index contributed by atoms with van der Waals surface area (Å²) in [7, 11) is 0. The van der Waals surface area contributed by atoms with Gasteiger partial charge in [0.1, 0.15) is 5.60 Å². The van der Waals surface area contributed by atoms with Crippen LogP contribution in [0.1, 0.15) is 49.3 Å². The lowest BCUT2D eigenvalue weighted by Crippen LogP contribution is -2.49. The van der Waals surface area contributed by atoms with Gasteiger partial charge in [0.2, 0.25) is 0 Å². The van der Waals surface area contributed by atoms with Crippen molar-refractivity contribution in [2.45, 2.75) is 40.2 Å². The highest BCUT2D eigenvalue weighted by molar-refractivity contribution is 9.10. The lowest BCUT2D eigenvalue weighted by Gasteiger charge is -2.38. The maximum atomic E-state index is 12.3. The van der Waals surface area contributed by atoms with E-state index in [1.807, 2.05) is 46.0 Å². The van der Waals surface area contributed by atoms with Crippen molar-refractivity contribution < 1.29 is 14.3 Å². The molecule has 0 spiro atoms. The lowest BCUT2D eigenvalue weighted by atomic mass is 10.0. The summed E-state index contributed by atoms with van der Waals surface area (Å²) in [5.74, 6) is 0.0334. The highest BCUT2D eigenvalue weighted by atomic mass is 79.9. The Kier molecular flexibility index (Phi) is 5.81. The fourth-order valence-electron chi connectivity index (χ4n) is 3.67. The topological polar surface area (TPSA) is 54.3 Å². The number of carbonyl (C=O) groups is 2. The van der Waals surface area contributed by atoms with Gasteiger partial charge in [-0.25, -0.2) is 4.79 Å². The second kappa shape index (κ2) is 7.86. The Bertz CT molecular complexity index is 979. The molecule has 2 aromatic rings. The second-order valence-electron chi connectivity index (χ2n) is 8.44. The molecule has 1 saturated heterocycles. The molecule has 3 heterocycles. The number of aromatic nitrogens is 1. The van der Waals surface area contributed by atoms with E-state index in [9.17, 15) is 9.59 Å². The zero-order valence-electron chi connectivity index (χ0n) is 17.7. The Morgan fingerprint density at radius 2 is 1.69 bits per heavy atom. The van der Waals surface area contributed by atoms with Crippen molar-refractivity contribution in [1.29, 1.82) is 0 Å². The predicted molar refractivity (Wildman–Crippen MR) is 118 cm³/mol. The van der Waals surface area contributed by atoms with Crippen LogP contribution in [0, 0.1) is 6.92 Å². The Morgan fingerprint density at radius 3 is 2.24 bits per heavy atom. The molecule has 1 aliphatic heterocycles. The number of carbonyl (C=O) groups excluding carboxylic acids is 2. The summed E-state index contributed by atoms with van der Waals surface area (Å²) in [6.45, 7) is 15.9. The van der Waals surface area contributed by atoms with Crippen molar-refractivity contribution in [2.75, 3.05) is 26.2 Å². The van der Waals surface area contributed by atoms with E-state index in [-0.39, 0.29) is 11.9 Å². The van der Waals surface area contributed by atoms with Crippen LogP contribution in [0.25, 0.3) is 11.2 Å². The number of Topliss-reactive ketones (excluding diaryl/α,β-unsaturated/α-hetero) is 1. The van der Waals surface area contributed by atoms with Gasteiger partial charge in [0.05, 0.1) is 11.4 Å². The molecule has 0 aliphatic carbocycles. The number of halogens is 1. The van der Waals surface area contributed by atoms with Gasteiger partial charge in [0, 0.05) is 47.9 Å². The molecule has 0 N–H and O–H groups in total. The molecular formula is C22H28BrN3O3. The molecular weight excluding hydrogens is 434 g/mol. The zero-order valence-corrected chi connectivity index (χ0v) is 19.3. The first-order valence-electron chi connectivity index (χ1n) is 9.72. The van der Waals surface area contributed by atoms with Gasteiger partial charge in [-0.3, -0.25) is 4.79 Å². The summed E-state index contributed by atoms with van der Waals surface area (Å²) in [6.07, 6.45) is 1.71. The number of nitrogens with zero attached hydrogens (tertiary/aromatic N) is 3. The average molecular weight is 462 g/mol. The van der Waals surface area contributed by atoms with Crippen molar-refractivity contribution in [3.63, 3.8) is 0 Å². The van der Waals surface area contributed by atoms with Gasteiger partial charge in [0.15, 0.2) is 5.78 Å². The first-order valence-corrected chi connectivity index (χ1v) is 10.5. The minimum Gasteiger partial charge on any atom is -0.444 e. The van der Waals surface area contributed by atoms with Gasteiger partial charge >= 0.3 is 6.09 Å². The smallest absolute Gasteiger partial charge is 0.410 e. The van der Waals surface area contributed by atoms with Gasteiger partial charge in [0.25, 0.3) is 0 Å². The fraction of sp³-hybridized carbons (Fsp3) is 0.455. The number of piperazine rings is 1. The van der Waals surface area contributed by atoms with Crippen molar-refractivity contribution >= 4 is 39.0 Å². The van der Waals surface area contributed by atoms with Crippen LogP contribution in [-0.4, -0.2) is 57.9 Å². The van der Waals surface area contributed by atoms with E-state index in [2.05, 4.69) is 31.8 Å². The van der Waals surface area contributed by atoms with Gasteiger partial charge in [-0.1, -0.05) is 6.58 Å². The number of ketones is 1.